The summed E-state index contributed by atoms with van der Waals surface area (Å²) in [4.78, 5) is 24.5. The molecule has 1 saturated heterocycles. The number of nitrogens with two attached hydrogens (primary N) is 1. The van der Waals surface area contributed by atoms with E-state index in [2.05, 4.69) is 9.64 Å². The van der Waals surface area contributed by atoms with Gasteiger partial charge in [-0.2, -0.15) is 0 Å². The summed E-state index contributed by atoms with van der Waals surface area (Å²) >= 11 is 0. The molecule has 96 valence electrons. The fourth-order valence-electron chi connectivity index (χ4n) is 2.15. The number of anilines is 1. The number of carbonyl (C=O) groups is 2. The van der Waals surface area contributed by atoms with Crippen LogP contribution in [0.15, 0.2) is 24.3 Å². The van der Waals surface area contributed by atoms with E-state index in [0.717, 1.165) is 18.7 Å². The smallest absolute Gasteiger partial charge is 0.337 e. The molecule has 0 radical (unpaired) electrons. The van der Waals surface area contributed by atoms with Gasteiger partial charge in [0.05, 0.1) is 18.6 Å². The summed E-state index contributed by atoms with van der Waals surface area (Å²) in [5.74, 6) is -0.674. The Balaban J connectivity index is 2.07. The maximum Gasteiger partial charge on any atom is 0.337 e. The van der Waals surface area contributed by atoms with Crippen molar-refractivity contribution >= 4 is 17.6 Å². The lowest BCUT2D eigenvalue weighted by Crippen LogP contribution is -2.27. The summed E-state index contributed by atoms with van der Waals surface area (Å²) in [6.07, 6.45) is 0.786. The molecule has 1 aromatic carbocycles. The van der Waals surface area contributed by atoms with Crippen molar-refractivity contribution in [2.24, 2.45) is 11.7 Å². The zero-order valence-electron chi connectivity index (χ0n) is 10.3. The summed E-state index contributed by atoms with van der Waals surface area (Å²) in [7, 11) is 1.36. The van der Waals surface area contributed by atoms with Crippen molar-refractivity contribution in [3.05, 3.63) is 29.8 Å². The van der Waals surface area contributed by atoms with Crippen molar-refractivity contribution in [2.75, 3.05) is 25.1 Å². The second-order valence-corrected chi connectivity index (χ2v) is 4.37. The van der Waals surface area contributed by atoms with Crippen molar-refractivity contribution in [1.29, 1.82) is 0 Å². The Morgan fingerprint density at radius 3 is 2.50 bits per heavy atom. The summed E-state index contributed by atoms with van der Waals surface area (Å²) in [5, 5.41) is 0. The van der Waals surface area contributed by atoms with Crippen LogP contribution in [0.1, 0.15) is 16.8 Å². The molecular weight excluding hydrogens is 232 g/mol. The number of carbonyl (C=O) groups excluding carboxylic acids is 2. The van der Waals surface area contributed by atoms with Crippen LogP contribution < -0.4 is 10.6 Å². The van der Waals surface area contributed by atoms with Crippen LogP contribution in [0.5, 0.6) is 0 Å². The standard InChI is InChI=1S/C13H16N2O3/c1-18-13(17)9-2-4-11(5-3-9)15-7-6-10(8-15)12(14)16/h2-5,10H,6-8H2,1H3,(H2,14,16). The highest BCUT2D eigenvalue weighted by atomic mass is 16.5. The van der Waals surface area contributed by atoms with Gasteiger partial charge in [0.15, 0.2) is 0 Å². The van der Waals surface area contributed by atoms with Crippen LogP contribution in [-0.2, 0) is 9.53 Å². The van der Waals surface area contributed by atoms with E-state index < -0.39 is 0 Å². The van der Waals surface area contributed by atoms with E-state index in [0.29, 0.717) is 12.1 Å². The van der Waals surface area contributed by atoms with Crippen LogP contribution in [0.4, 0.5) is 5.69 Å². The average Bonchev–Trinajstić information content (AvgIpc) is 2.88. The van der Waals surface area contributed by atoms with Gasteiger partial charge < -0.3 is 15.4 Å². The molecule has 0 aromatic heterocycles. The Hall–Kier alpha value is -2.04. The Bertz CT molecular complexity index is 456. The Morgan fingerprint density at radius 2 is 2.00 bits per heavy atom. The van der Waals surface area contributed by atoms with Gasteiger partial charge in [-0.25, -0.2) is 4.79 Å². The number of esters is 1. The first kappa shape index (κ1) is 12.4. The molecule has 1 atom stereocenters. The zero-order chi connectivity index (χ0) is 13.1. The normalized spacial score (nSPS) is 18.7. The fourth-order valence-corrected chi connectivity index (χ4v) is 2.15. The van der Waals surface area contributed by atoms with Crippen LogP contribution in [0.2, 0.25) is 0 Å². The summed E-state index contributed by atoms with van der Waals surface area (Å²) in [6, 6.07) is 7.16. The maximum atomic E-state index is 11.3. The predicted octanol–water partition coefficient (Wildman–Crippen LogP) is 0.785. The van der Waals surface area contributed by atoms with Gasteiger partial charge in [0.1, 0.15) is 0 Å². The lowest BCUT2D eigenvalue weighted by molar-refractivity contribution is -0.121. The minimum Gasteiger partial charge on any atom is -0.465 e. The van der Waals surface area contributed by atoms with E-state index in [1.54, 1.807) is 12.1 Å². The van der Waals surface area contributed by atoms with Gasteiger partial charge in [-0.1, -0.05) is 0 Å². The third-order valence-electron chi connectivity index (χ3n) is 3.24. The highest BCUT2D eigenvalue weighted by Crippen LogP contribution is 2.24. The third-order valence-corrected chi connectivity index (χ3v) is 3.24. The summed E-state index contributed by atoms with van der Waals surface area (Å²) < 4.78 is 4.64. The first-order valence-electron chi connectivity index (χ1n) is 5.84. The number of hydrogen-bond acceptors (Lipinski definition) is 4. The molecule has 1 unspecified atom stereocenters. The third kappa shape index (κ3) is 2.45. The fraction of sp³-hybridized carbons (Fsp3) is 0.385. The van der Waals surface area contributed by atoms with Crippen LogP contribution in [0.25, 0.3) is 0 Å². The maximum absolute atomic E-state index is 11.3. The van der Waals surface area contributed by atoms with Crippen LogP contribution in [-0.4, -0.2) is 32.1 Å². The number of primary amides is 1. The number of ether oxygens (including phenoxy) is 1. The van der Waals surface area contributed by atoms with Crippen LogP contribution in [0.3, 0.4) is 0 Å². The van der Waals surface area contributed by atoms with Crippen LogP contribution >= 0.6 is 0 Å². The highest BCUT2D eigenvalue weighted by molar-refractivity contribution is 5.89. The topological polar surface area (TPSA) is 72.6 Å². The lowest BCUT2D eigenvalue weighted by atomic mass is 10.1. The predicted molar refractivity (Wildman–Crippen MR) is 67.3 cm³/mol. The molecular formula is C13H16N2O3. The molecule has 1 amide bonds. The van der Waals surface area contributed by atoms with E-state index in [1.807, 2.05) is 12.1 Å². The van der Waals surface area contributed by atoms with E-state index in [-0.39, 0.29) is 17.8 Å². The van der Waals surface area contributed by atoms with Gasteiger partial charge >= 0.3 is 5.97 Å². The number of methoxy groups -OCH3 is 1. The lowest BCUT2D eigenvalue weighted by Gasteiger charge is -2.18. The number of rotatable bonds is 3. The van der Waals surface area contributed by atoms with Gasteiger partial charge in [0.2, 0.25) is 5.91 Å². The second kappa shape index (κ2) is 5.08. The molecule has 0 saturated carbocycles. The quantitative estimate of drug-likeness (QED) is 0.802. The first-order chi connectivity index (χ1) is 8.61. The Kier molecular flexibility index (Phi) is 3.50. The van der Waals surface area contributed by atoms with E-state index >= 15 is 0 Å². The van der Waals surface area contributed by atoms with Crippen molar-refractivity contribution in [1.82, 2.24) is 0 Å². The van der Waals surface area contributed by atoms with Crippen molar-refractivity contribution < 1.29 is 14.3 Å². The molecule has 5 heteroatoms. The summed E-state index contributed by atoms with van der Waals surface area (Å²) in [6.45, 7) is 1.46. The number of amides is 1. The molecule has 1 aromatic rings. The van der Waals surface area contributed by atoms with E-state index in [1.165, 1.54) is 7.11 Å². The second-order valence-electron chi connectivity index (χ2n) is 4.37. The first-order valence-corrected chi connectivity index (χ1v) is 5.84. The van der Waals surface area contributed by atoms with Gasteiger partial charge in [0.25, 0.3) is 0 Å². The molecule has 0 aliphatic carbocycles. The number of nitrogens with zero attached hydrogens (tertiary/aromatic N) is 1. The monoisotopic (exact) mass is 248 g/mol. The highest BCUT2D eigenvalue weighted by Gasteiger charge is 2.26. The molecule has 18 heavy (non-hydrogen) atoms. The molecule has 1 fully saturated rings. The molecule has 5 nitrogen and oxygen atoms in total. The van der Waals surface area contributed by atoms with Gasteiger partial charge in [-0.05, 0) is 30.7 Å². The molecule has 2 N–H and O–H groups in total. The average molecular weight is 248 g/mol. The molecule has 1 aliphatic heterocycles. The van der Waals surface area contributed by atoms with Gasteiger partial charge in [0, 0.05) is 18.8 Å². The Labute approximate surface area is 106 Å². The number of hydrogen-bond donors (Lipinski definition) is 1. The van der Waals surface area contributed by atoms with Crippen molar-refractivity contribution in [3.63, 3.8) is 0 Å². The van der Waals surface area contributed by atoms with E-state index in [4.69, 9.17) is 5.73 Å². The zero-order valence-corrected chi connectivity index (χ0v) is 10.3. The van der Waals surface area contributed by atoms with E-state index in [9.17, 15) is 9.59 Å². The minimum absolute atomic E-state index is 0.0784. The van der Waals surface area contributed by atoms with Crippen LogP contribution in [0, 0.1) is 5.92 Å². The van der Waals surface area contributed by atoms with Gasteiger partial charge in [-0.3, -0.25) is 4.79 Å². The largest absolute Gasteiger partial charge is 0.465 e. The molecule has 2 rings (SSSR count). The summed E-state index contributed by atoms with van der Waals surface area (Å²) in [5.41, 5.74) is 6.81. The SMILES string of the molecule is COC(=O)c1ccc(N2CCC(C(N)=O)C2)cc1. The molecule has 1 aliphatic rings. The van der Waals surface area contributed by atoms with Gasteiger partial charge in [-0.15, -0.1) is 0 Å². The van der Waals surface area contributed by atoms with Crippen molar-refractivity contribution in [2.45, 2.75) is 6.42 Å². The Morgan fingerprint density at radius 1 is 1.33 bits per heavy atom. The molecule has 0 bridgehead atoms. The molecule has 1 heterocycles. The molecule has 0 spiro atoms. The van der Waals surface area contributed by atoms with Crippen molar-refractivity contribution in [3.8, 4) is 0 Å². The minimum atomic E-state index is -0.349. The number of benzene rings is 1.